The molecule has 2 rings (SSSR count). The molecule has 1 aromatic carbocycles. The maximum absolute atomic E-state index is 9.34. The van der Waals surface area contributed by atoms with Crippen LogP contribution in [0, 0.1) is 0 Å². The van der Waals surface area contributed by atoms with Crippen LogP contribution in [0.4, 0.5) is 0 Å². The van der Waals surface area contributed by atoms with Crippen molar-refractivity contribution in [1.82, 2.24) is 10.2 Å². The van der Waals surface area contributed by atoms with Crippen molar-refractivity contribution in [3.8, 4) is 5.75 Å². The van der Waals surface area contributed by atoms with Crippen molar-refractivity contribution in [2.45, 2.75) is 25.8 Å². The third kappa shape index (κ3) is 3.20. The SMILES string of the molecule is CCC(c1ccc(O)cc1)N1CCCNCC1. The number of nitrogens with one attached hydrogen (secondary N) is 1. The lowest BCUT2D eigenvalue weighted by atomic mass is 10.0. The fraction of sp³-hybridized carbons (Fsp3) is 0.571. The van der Waals surface area contributed by atoms with Crippen molar-refractivity contribution in [2.75, 3.05) is 26.2 Å². The largest absolute Gasteiger partial charge is 0.508 e. The zero-order chi connectivity index (χ0) is 12.1. The van der Waals surface area contributed by atoms with E-state index in [-0.39, 0.29) is 0 Å². The van der Waals surface area contributed by atoms with Crippen molar-refractivity contribution < 1.29 is 5.11 Å². The molecule has 0 saturated carbocycles. The van der Waals surface area contributed by atoms with E-state index in [1.807, 2.05) is 12.1 Å². The third-order valence-corrected chi connectivity index (χ3v) is 3.48. The minimum atomic E-state index is 0.348. The van der Waals surface area contributed by atoms with Gasteiger partial charge in [0.1, 0.15) is 5.75 Å². The highest BCUT2D eigenvalue weighted by Gasteiger charge is 2.19. The molecule has 1 saturated heterocycles. The summed E-state index contributed by atoms with van der Waals surface area (Å²) in [7, 11) is 0. The second kappa shape index (κ2) is 6.03. The Morgan fingerprint density at radius 3 is 2.71 bits per heavy atom. The van der Waals surface area contributed by atoms with Crippen LogP contribution in [-0.4, -0.2) is 36.2 Å². The molecule has 3 nitrogen and oxygen atoms in total. The first-order valence-electron chi connectivity index (χ1n) is 6.55. The molecule has 0 radical (unpaired) electrons. The van der Waals surface area contributed by atoms with Gasteiger partial charge in [-0.3, -0.25) is 4.90 Å². The molecule has 94 valence electrons. The highest BCUT2D eigenvalue weighted by Crippen LogP contribution is 2.26. The van der Waals surface area contributed by atoms with Crippen LogP contribution in [0.3, 0.4) is 0 Å². The Hall–Kier alpha value is -1.06. The molecule has 1 aliphatic rings. The van der Waals surface area contributed by atoms with Crippen molar-refractivity contribution in [3.05, 3.63) is 29.8 Å². The van der Waals surface area contributed by atoms with Gasteiger partial charge in [0, 0.05) is 25.7 Å². The molecular weight excluding hydrogens is 212 g/mol. The van der Waals surface area contributed by atoms with E-state index in [0.717, 1.165) is 32.6 Å². The summed E-state index contributed by atoms with van der Waals surface area (Å²) in [5.41, 5.74) is 1.31. The highest BCUT2D eigenvalue weighted by atomic mass is 16.3. The Bertz CT molecular complexity index is 329. The van der Waals surface area contributed by atoms with Gasteiger partial charge in [-0.15, -0.1) is 0 Å². The van der Waals surface area contributed by atoms with Gasteiger partial charge in [0.05, 0.1) is 0 Å². The van der Waals surface area contributed by atoms with Gasteiger partial charge in [-0.1, -0.05) is 19.1 Å². The first-order chi connectivity index (χ1) is 8.31. The Morgan fingerprint density at radius 2 is 2.00 bits per heavy atom. The molecule has 2 N–H and O–H groups in total. The molecule has 0 spiro atoms. The van der Waals surface area contributed by atoms with Crippen molar-refractivity contribution in [1.29, 1.82) is 0 Å². The summed E-state index contributed by atoms with van der Waals surface area (Å²) in [5, 5.41) is 12.8. The van der Waals surface area contributed by atoms with Crippen LogP contribution in [0.15, 0.2) is 24.3 Å². The normalized spacial score (nSPS) is 19.8. The molecule has 0 bridgehead atoms. The highest BCUT2D eigenvalue weighted by molar-refractivity contribution is 5.28. The van der Waals surface area contributed by atoms with E-state index in [2.05, 4.69) is 17.1 Å². The number of hydrogen-bond acceptors (Lipinski definition) is 3. The second-order valence-corrected chi connectivity index (χ2v) is 4.66. The van der Waals surface area contributed by atoms with Gasteiger partial charge in [-0.25, -0.2) is 0 Å². The molecule has 1 atom stereocenters. The molecule has 17 heavy (non-hydrogen) atoms. The second-order valence-electron chi connectivity index (χ2n) is 4.66. The van der Waals surface area contributed by atoms with Crippen molar-refractivity contribution >= 4 is 0 Å². The predicted molar refractivity (Wildman–Crippen MR) is 70.2 cm³/mol. The van der Waals surface area contributed by atoms with Crippen LogP contribution in [0.5, 0.6) is 5.75 Å². The number of benzene rings is 1. The van der Waals surface area contributed by atoms with Gasteiger partial charge in [0.25, 0.3) is 0 Å². The summed E-state index contributed by atoms with van der Waals surface area (Å²) in [4.78, 5) is 2.55. The molecule has 1 fully saturated rings. The van der Waals surface area contributed by atoms with Gasteiger partial charge < -0.3 is 10.4 Å². The monoisotopic (exact) mass is 234 g/mol. The van der Waals surface area contributed by atoms with Gasteiger partial charge in [-0.05, 0) is 37.1 Å². The topological polar surface area (TPSA) is 35.5 Å². The molecule has 1 heterocycles. The fourth-order valence-corrected chi connectivity index (χ4v) is 2.58. The summed E-state index contributed by atoms with van der Waals surface area (Å²) in [6.45, 7) is 6.71. The van der Waals surface area contributed by atoms with Crippen LogP contribution in [0.1, 0.15) is 31.4 Å². The number of nitrogens with zero attached hydrogens (tertiary/aromatic N) is 1. The molecule has 1 aliphatic heterocycles. The minimum Gasteiger partial charge on any atom is -0.508 e. The quantitative estimate of drug-likeness (QED) is 0.841. The predicted octanol–water partition coefficient (Wildman–Crippen LogP) is 2.14. The van der Waals surface area contributed by atoms with E-state index < -0.39 is 0 Å². The summed E-state index contributed by atoms with van der Waals surface area (Å²) >= 11 is 0. The molecule has 0 aliphatic carbocycles. The van der Waals surface area contributed by atoms with Crippen LogP contribution < -0.4 is 5.32 Å². The Balaban J connectivity index is 2.11. The Morgan fingerprint density at radius 1 is 1.24 bits per heavy atom. The molecule has 0 amide bonds. The zero-order valence-corrected chi connectivity index (χ0v) is 10.5. The lowest BCUT2D eigenvalue weighted by molar-refractivity contribution is 0.205. The number of rotatable bonds is 3. The van der Waals surface area contributed by atoms with Crippen LogP contribution in [-0.2, 0) is 0 Å². The lowest BCUT2D eigenvalue weighted by Crippen LogP contribution is -2.32. The van der Waals surface area contributed by atoms with Crippen LogP contribution in [0.25, 0.3) is 0 Å². The summed E-state index contributed by atoms with van der Waals surface area (Å²) in [6, 6.07) is 8.14. The average Bonchev–Trinajstić information content (AvgIpc) is 2.62. The van der Waals surface area contributed by atoms with E-state index in [0.29, 0.717) is 11.8 Å². The van der Waals surface area contributed by atoms with E-state index >= 15 is 0 Å². The molecule has 3 heteroatoms. The van der Waals surface area contributed by atoms with Crippen LogP contribution in [0.2, 0.25) is 0 Å². The standard InChI is InChI=1S/C14H22N2O/c1-2-14(12-4-6-13(17)7-5-12)16-10-3-8-15-9-11-16/h4-7,14-15,17H,2-3,8-11H2,1H3. The van der Waals surface area contributed by atoms with Gasteiger partial charge in [0.15, 0.2) is 0 Å². The Kier molecular flexibility index (Phi) is 4.40. The van der Waals surface area contributed by atoms with E-state index in [1.165, 1.54) is 12.0 Å². The first-order valence-corrected chi connectivity index (χ1v) is 6.55. The molecular formula is C14H22N2O. The summed E-state index contributed by atoms with van der Waals surface area (Å²) in [5.74, 6) is 0.348. The van der Waals surface area contributed by atoms with Gasteiger partial charge in [-0.2, -0.15) is 0 Å². The first kappa shape index (κ1) is 12.4. The summed E-state index contributed by atoms with van der Waals surface area (Å²) < 4.78 is 0. The van der Waals surface area contributed by atoms with E-state index in [9.17, 15) is 5.11 Å². The molecule has 1 unspecified atom stereocenters. The van der Waals surface area contributed by atoms with E-state index in [4.69, 9.17) is 0 Å². The molecule has 1 aromatic rings. The summed E-state index contributed by atoms with van der Waals surface area (Å²) in [6.07, 6.45) is 2.33. The average molecular weight is 234 g/mol. The maximum Gasteiger partial charge on any atom is 0.115 e. The number of aromatic hydroxyl groups is 1. The van der Waals surface area contributed by atoms with Crippen molar-refractivity contribution in [3.63, 3.8) is 0 Å². The van der Waals surface area contributed by atoms with Gasteiger partial charge in [0.2, 0.25) is 0 Å². The van der Waals surface area contributed by atoms with E-state index in [1.54, 1.807) is 12.1 Å². The third-order valence-electron chi connectivity index (χ3n) is 3.48. The van der Waals surface area contributed by atoms with Crippen molar-refractivity contribution in [2.24, 2.45) is 0 Å². The molecule has 0 aromatic heterocycles. The maximum atomic E-state index is 9.34. The minimum absolute atomic E-state index is 0.348. The number of hydrogen-bond donors (Lipinski definition) is 2. The van der Waals surface area contributed by atoms with Gasteiger partial charge >= 0.3 is 0 Å². The number of phenols is 1. The zero-order valence-electron chi connectivity index (χ0n) is 10.5. The lowest BCUT2D eigenvalue weighted by Gasteiger charge is -2.30. The Labute approximate surface area is 103 Å². The smallest absolute Gasteiger partial charge is 0.115 e. The number of phenolic OH excluding ortho intramolecular Hbond substituents is 1. The fourth-order valence-electron chi connectivity index (χ4n) is 2.58. The van der Waals surface area contributed by atoms with Crippen LogP contribution >= 0.6 is 0 Å².